The number of halogens is 1. The normalized spacial score (nSPS) is 16.1. The second-order valence-corrected chi connectivity index (χ2v) is 5.07. The van der Waals surface area contributed by atoms with Crippen LogP contribution in [-0.4, -0.2) is 30.0 Å². The molecule has 0 unspecified atom stereocenters. The molecule has 0 atom stereocenters. The molecule has 0 radical (unpaired) electrons. The Balaban J connectivity index is 1.92. The molecule has 2 nitrogen and oxygen atoms in total. The van der Waals surface area contributed by atoms with Gasteiger partial charge < -0.3 is 4.74 Å². The molecule has 0 N–H and O–H groups in total. The fourth-order valence-corrected chi connectivity index (χ4v) is 2.44. The molecule has 0 saturated carbocycles. The van der Waals surface area contributed by atoms with Gasteiger partial charge in [0.25, 0.3) is 0 Å². The van der Waals surface area contributed by atoms with Crippen LogP contribution in [0.4, 0.5) is 0 Å². The molecule has 1 aromatic carbocycles. The standard InChI is InChI=1S/C11H11ClO2S/c12-10-4-2-1-3-9(10)11(13)7-15-8-5-14-6-8/h1-4,8H,5-7H2. The zero-order chi connectivity index (χ0) is 10.7. The first kappa shape index (κ1) is 11.0. The molecule has 0 bridgehead atoms. The van der Waals surface area contributed by atoms with Crippen LogP contribution in [0.15, 0.2) is 24.3 Å². The van der Waals surface area contributed by atoms with Crippen LogP contribution in [0.25, 0.3) is 0 Å². The summed E-state index contributed by atoms with van der Waals surface area (Å²) in [6.45, 7) is 1.53. The molecular weight excluding hydrogens is 232 g/mol. The van der Waals surface area contributed by atoms with Crippen molar-refractivity contribution in [2.75, 3.05) is 19.0 Å². The number of carbonyl (C=O) groups is 1. The first-order chi connectivity index (χ1) is 7.27. The molecule has 1 aromatic rings. The van der Waals surface area contributed by atoms with Gasteiger partial charge in [0, 0.05) is 5.56 Å². The Kier molecular flexibility index (Phi) is 3.67. The summed E-state index contributed by atoms with van der Waals surface area (Å²) in [5.41, 5.74) is 0.618. The van der Waals surface area contributed by atoms with Gasteiger partial charge in [0.2, 0.25) is 0 Å². The van der Waals surface area contributed by atoms with Crippen molar-refractivity contribution in [2.24, 2.45) is 0 Å². The zero-order valence-corrected chi connectivity index (χ0v) is 9.68. The van der Waals surface area contributed by atoms with Crippen molar-refractivity contribution in [1.29, 1.82) is 0 Å². The van der Waals surface area contributed by atoms with Gasteiger partial charge in [-0.3, -0.25) is 4.79 Å². The Morgan fingerprint density at radius 1 is 1.47 bits per heavy atom. The molecule has 1 saturated heterocycles. The first-order valence-corrected chi connectivity index (χ1v) is 6.17. The number of Topliss-reactive ketones (excluding diaryl/α,β-unsaturated/α-hetero) is 1. The maximum atomic E-state index is 11.8. The van der Waals surface area contributed by atoms with Gasteiger partial charge in [-0.15, -0.1) is 11.8 Å². The number of benzene rings is 1. The molecule has 1 heterocycles. The van der Waals surface area contributed by atoms with Gasteiger partial charge in [-0.25, -0.2) is 0 Å². The van der Waals surface area contributed by atoms with Crippen molar-refractivity contribution in [1.82, 2.24) is 0 Å². The second kappa shape index (κ2) is 5.01. The van der Waals surface area contributed by atoms with Gasteiger partial charge in [0.15, 0.2) is 5.78 Å². The van der Waals surface area contributed by atoms with Crippen molar-refractivity contribution in [2.45, 2.75) is 5.25 Å². The minimum atomic E-state index is 0.0949. The predicted octanol–water partition coefficient (Wildman–Crippen LogP) is 2.65. The summed E-state index contributed by atoms with van der Waals surface area (Å²) in [7, 11) is 0. The van der Waals surface area contributed by atoms with Crippen LogP contribution in [-0.2, 0) is 4.74 Å². The van der Waals surface area contributed by atoms with Crippen molar-refractivity contribution in [3.05, 3.63) is 34.9 Å². The summed E-state index contributed by atoms with van der Waals surface area (Å²) in [4.78, 5) is 11.8. The van der Waals surface area contributed by atoms with E-state index in [4.69, 9.17) is 16.3 Å². The summed E-state index contributed by atoms with van der Waals surface area (Å²) in [6.07, 6.45) is 0. The number of carbonyl (C=O) groups excluding carboxylic acids is 1. The van der Waals surface area contributed by atoms with E-state index in [0.29, 0.717) is 21.6 Å². The highest BCUT2D eigenvalue weighted by Gasteiger charge is 2.20. The summed E-state index contributed by atoms with van der Waals surface area (Å²) in [5.74, 6) is 0.579. The van der Waals surface area contributed by atoms with Gasteiger partial charge >= 0.3 is 0 Å². The SMILES string of the molecule is O=C(CSC1COC1)c1ccccc1Cl. The van der Waals surface area contributed by atoms with Crippen LogP contribution >= 0.6 is 23.4 Å². The summed E-state index contributed by atoms with van der Waals surface area (Å²) in [5, 5.41) is 1.02. The van der Waals surface area contributed by atoms with Crippen molar-refractivity contribution in [3.63, 3.8) is 0 Å². The zero-order valence-electron chi connectivity index (χ0n) is 8.11. The van der Waals surface area contributed by atoms with Gasteiger partial charge in [-0.1, -0.05) is 23.7 Å². The van der Waals surface area contributed by atoms with Crippen molar-refractivity contribution < 1.29 is 9.53 Å². The summed E-state index contributed by atoms with van der Waals surface area (Å²) in [6, 6.07) is 7.16. The number of hydrogen-bond donors (Lipinski definition) is 0. The molecule has 0 aromatic heterocycles. The van der Waals surface area contributed by atoms with Gasteiger partial charge in [-0.05, 0) is 12.1 Å². The molecule has 0 aliphatic carbocycles. The lowest BCUT2D eigenvalue weighted by atomic mass is 10.1. The summed E-state index contributed by atoms with van der Waals surface area (Å²) < 4.78 is 5.04. The van der Waals surface area contributed by atoms with Crippen LogP contribution in [0.5, 0.6) is 0 Å². The molecule has 0 spiro atoms. The Hall–Kier alpha value is -0.510. The van der Waals surface area contributed by atoms with Crippen molar-refractivity contribution >= 4 is 29.1 Å². The quantitative estimate of drug-likeness (QED) is 0.760. The Morgan fingerprint density at radius 2 is 2.20 bits per heavy atom. The van der Waals surface area contributed by atoms with E-state index in [2.05, 4.69) is 0 Å². The third kappa shape index (κ3) is 2.74. The highest BCUT2D eigenvalue weighted by atomic mass is 35.5. The van der Waals surface area contributed by atoms with E-state index < -0.39 is 0 Å². The van der Waals surface area contributed by atoms with E-state index >= 15 is 0 Å². The molecule has 80 valence electrons. The van der Waals surface area contributed by atoms with E-state index in [1.807, 2.05) is 12.1 Å². The van der Waals surface area contributed by atoms with Gasteiger partial charge in [0.1, 0.15) is 0 Å². The fraction of sp³-hybridized carbons (Fsp3) is 0.364. The van der Waals surface area contributed by atoms with E-state index in [1.54, 1.807) is 23.9 Å². The topological polar surface area (TPSA) is 26.3 Å². The molecule has 1 aliphatic rings. The Labute approximate surface area is 98.0 Å². The second-order valence-electron chi connectivity index (χ2n) is 3.37. The van der Waals surface area contributed by atoms with Crippen LogP contribution in [0, 0.1) is 0 Å². The van der Waals surface area contributed by atoms with E-state index in [-0.39, 0.29) is 5.78 Å². The largest absolute Gasteiger partial charge is 0.379 e. The highest BCUT2D eigenvalue weighted by molar-refractivity contribution is 8.00. The maximum absolute atomic E-state index is 11.8. The number of thioether (sulfide) groups is 1. The first-order valence-electron chi connectivity index (χ1n) is 4.74. The van der Waals surface area contributed by atoms with Gasteiger partial charge in [0.05, 0.1) is 29.2 Å². The van der Waals surface area contributed by atoms with Crippen LogP contribution in [0.1, 0.15) is 10.4 Å². The molecule has 0 amide bonds. The molecule has 1 fully saturated rings. The smallest absolute Gasteiger partial charge is 0.174 e. The number of hydrogen-bond acceptors (Lipinski definition) is 3. The lowest BCUT2D eigenvalue weighted by Gasteiger charge is -2.24. The minimum Gasteiger partial charge on any atom is -0.379 e. The molecule has 15 heavy (non-hydrogen) atoms. The summed E-state index contributed by atoms with van der Waals surface area (Å²) >= 11 is 7.57. The van der Waals surface area contributed by atoms with Crippen LogP contribution in [0.3, 0.4) is 0 Å². The average Bonchev–Trinajstić information content (AvgIpc) is 2.16. The third-order valence-corrected chi connectivity index (χ3v) is 3.73. The number of rotatable bonds is 4. The number of ether oxygens (including phenoxy) is 1. The lowest BCUT2D eigenvalue weighted by molar-refractivity contribution is 0.0455. The van der Waals surface area contributed by atoms with Crippen LogP contribution in [0.2, 0.25) is 5.02 Å². The van der Waals surface area contributed by atoms with E-state index in [9.17, 15) is 4.79 Å². The van der Waals surface area contributed by atoms with E-state index in [1.165, 1.54) is 0 Å². The lowest BCUT2D eigenvalue weighted by Crippen LogP contribution is -2.31. The van der Waals surface area contributed by atoms with Crippen LogP contribution < -0.4 is 0 Å². The Bertz CT molecular complexity index is 363. The van der Waals surface area contributed by atoms with E-state index in [0.717, 1.165) is 13.2 Å². The monoisotopic (exact) mass is 242 g/mol. The number of ketones is 1. The molecule has 2 rings (SSSR count). The fourth-order valence-electron chi connectivity index (χ4n) is 1.27. The molecular formula is C11H11ClO2S. The third-order valence-electron chi connectivity index (χ3n) is 2.23. The highest BCUT2D eigenvalue weighted by Crippen LogP contribution is 2.22. The molecule has 1 aliphatic heterocycles. The Morgan fingerprint density at radius 3 is 2.80 bits per heavy atom. The maximum Gasteiger partial charge on any atom is 0.174 e. The van der Waals surface area contributed by atoms with Gasteiger partial charge in [-0.2, -0.15) is 0 Å². The molecule has 4 heteroatoms. The average molecular weight is 243 g/mol. The minimum absolute atomic E-state index is 0.0949. The van der Waals surface area contributed by atoms with Crippen molar-refractivity contribution in [3.8, 4) is 0 Å². The predicted molar refractivity (Wildman–Crippen MR) is 62.8 cm³/mol.